The fourth-order valence-electron chi connectivity index (χ4n) is 2.81. The van der Waals surface area contributed by atoms with Gasteiger partial charge >= 0.3 is 6.03 Å². The summed E-state index contributed by atoms with van der Waals surface area (Å²) in [4.78, 5) is 17.5. The van der Waals surface area contributed by atoms with E-state index in [0.717, 1.165) is 25.7 Å². The van der Waals surface area contributed by atoms with Gasteiger partial charge in [0.1, 0.15) is 11.4 Å². The Labute approximate surface area is 96.2 Å². The Morgan fingerprint density at radius 2 is 2.00 bits per heavy atom. The van der Waals surface area contributed by atoms with Crippen LogP contribution in [0.25, 0.3) is 0 Å². The fraction of sp³-hybridized carbons (Fsp3) is 0.667. The number of urea groups is 1. The molecule has 88 valence electrons. The number of nitrogens with two attached hydrogens (primary N) is 1. The summed E-state index contributed by atoms with van der Waals surface area (Å²) in [6, 6.07) is -0.195. The van der Waals surface area contributed by atoms with Gasteiger partial charge in [0.25, 0.3) is 0 Å². The zero-order valence-corrected chi connectivity index (χ0v) is 9.61. The zero-order chi connectivity index (χ0) is 11.6. The Morgan fingerprint density at radius 3 is 2.56 bits per heavy atom. The van der Waals surface area contributed by atoms with Crippen LogP contribution in [0, 0.1) is 0 Å². The monoisotopic (exact) mass is 221 g/mol. The van der Waals surface area contributed by atoms with Crippen molar-refractivity contribution < 1.29 is 4.79 Å². The van der Waals surface area contributed by atoms with Crippen molar-refractivity contribution in [2.45, 2.75) is 44.1 Å². The third kappa shape index (κ3) is 1.62. The smallest absolute Gasteiger partial charge is 0.346 e. The first-order valence-electron chi connectivity index (χ1n) is 5.98. The van der Waals surface area contributed by atoms with Crippen LogP contribution in [0.4, 0.5) is 4.79 Å². The Bertz CT molecular complexity index is 327. The van der Waals surface area contributed by atoms with Crippen LogP contribution in [0.15, 0.2) is 17.6 Å². The van der Waals surface area contributed by atoms with Crippen LogP contribution in [-0.2, 0) is 0 Å². The molecule has 2 amide bonds. The maximum atomic E-state index is 11.8. The molecule has 0 atom stereocenters. The van der Waals surface area contributed by atoms with Crippen LogP contribution in [0.3, 0.4) is 0 Å². The molecule has 1 aliphatic heterocycles. The van der Waals surface area contributed by atoms with Crippen molar-refractivity contribution in [2.24, 2.45) is 10.7 Å². The predicted octanol–water partition coefficient (Wildman–Crippen LogP) is 2.06. The van der Waals surface area contributed by atoms with Gasteiger partial charge < -0.3 is 10.6 Å². The van der Waals surface area contributed by atoms with Gasteiger partial charge in [-0.3, -0.25) is 0 Å². The molecule has 2 aliphatic rings. The molecule has 1 aliphatic carbocycles. The van der Waals surface area contributed by atoms with Crippen LogP contribution in [0.2, 0.25) is 0 Å². The molecular formula is C12H19N3O. The zero-order valence-electron chi connectivity index (χ0n) is 9.61. The van der Waals surface area contributed by atoms with Gasteiger partial charge in [0.05, 0.1) is 0 Å². The van der Waals surface area contributed by atoms with Crippen molar-refractivity contribution in [3.8, 4) is 0 Å². The van der Waals surface area contributed by atoms with Crippen molar-refractivity contribution in [1.82, 2.24) is 4.90 Å². The van der Waals surface area contributed by atoms with Gasteiger partial charge in [-0.2, -0.15) is 4.99 Å². The number of hydrogen-bond acceptors (Lipinski definition) is 2. The van der Waals surface area contributed by atoms with Gasteiger partial charge in [-0.1, -0.05) is 31.8 Å². The first kappa shape index (κ1) is 11.2. The van der Waals surface area contributed by atoms with Gasteiger partial charge in [0, 0.05) is 6.54 Å². The molecule has 0 aromatic heterocycles. The first-order valence-corrected chi connectivity index (χ1v) is 5.98. The molecule has 0 saturated heterocycles. The molecule has 1 fully saturated rings. The van der Waals surface area contributed by atoms with E-state index in [1.54, 1.807) is 11.0 Å². The predicted molar refractivity (Wildman–Crippen MR) is 64.4 cm³/mol. The summed E-state index contributed by atoms with van der Waals surface area (Å²) in [5, 5.41) is 0. The molecule has 0 aromatic carbocycles. The lowest BCUT2D eigenvalue weighted by molar-refractivity contribution is 0.170. The molecule has 1 spiro atoms. The maximum absolute atomic E-state index is 11.8. The van der Waals surface area contributed by atoms with Gasteiger partial charge in [0.15, 0.2) is 0 Å². The number of rotatable bonds is 2. The fourth-order valence-corrected chi connectivity index (χ4v) is 2.81. The minimum absolute atomic E-state index is 0.195. The number of hydrogen-bond donors (Lipinski definition) is 1. The van der Waals surface area contributed by atoms with E-state index >= 15 is 0 Å². The van der Waals surface area contributed by atoms with Crippen molar-refractivity contribution in [3.05, 3.63) is 12.7 Å². The lowest BCUT2D eigenvalue weighted by atomic mass is 9.88. The quantitative estimate of drug-likeness (QED) is 0.725. The molecule has 1 saturated carbocycles. The normalized spacial score (nSPS) is 24.4. The van der Waals surface area contributed by atoms with E-state index in [1.807, 2.05) is 0 Å². The van der Waals surface area contributed by atoms with Crippen molar-refractivity contribution >= 4 is 11.9 Å². The lowest BCUT2D eigenvalue weighted by Crippen LogP contribution is -2.53. The highest BCUT2D eigenvalue weighted by Crippen LogP contribution is 2.36. The van der Waals surface area contributed by atoms with Crippen molar-refractivity contribution in [1.29, 1.82) is 0 Å². The summed E-state index contributed by atoms with van der Waals surface area (Å²) in [7, 11) is 0. The molecule has 4 heteroatoms. The van der Waals surface area contributed by atoms with Crippen molar-refractivity contribution in [3.63, 3.8) is 0 Å². The van der Waals surface area contributed by atoms with Gasteiger partial charge in [-0.25, -0.2) is 4.79 Å². The lowest BCUT2D eigenvalue weighted by Gasteiger charge is -2.36. The molecule has 1 heterocycles. The summed E-state index contributed by atoms with van der Waals surface area (Å²) in [6.07, 6.45) is 8.34. The molecule has 2 N–H and O–H groups in total. The highest BCUT2D eigenvalue weighted by Gasteiger charge is 2.47. The van der Waals surface area contributed by atoms with Crippen LogP contribution < -0.4 is 5.73 Å². The Hall–Kier alpha value is -1.32. The summed E-state index contributed by atoms with van der Waals surface area (Å²) in [5.41, 5.74) is 5.67. The van der Waals surface area contributed by atoms with Crippen LogP contribution >= 0.6 is 0 Å². The number of carbonyl (C=O) groups excluding carboxylic acids is 1. The van der Waals surface area contributed by atoms with E-state index in [4.69, 9.17) is 5.73 Å². The minimum atomic E-state index is -0.304. The molecule has 0 aromatic rings. The summed E-state index contributed by atoms with van der Waals surface area (Å²) in [5.74, 6) is 0.515. The Balaban J connectivity index is 2.29. The number of carbonyl (C=O) groups is 1. The van der Waals surface area contributed by atoms with E-state index < -0.39 is 0 Å². The summed E-state index contributed by atoms with van der Waals surface area (Å²) in [6.45, 7) is 4.24. The molecule has 16 heavy (non-hydrogen) atoms. The highest BCUT2D eigenvalue weighted by molar-refractivity contribution is 6.05. The maximum Gasteiger partial charge on any atom is 0.346 e. The van der Waals surface area contributed by atoms with E-state index in [9.17, 15) is 4.79 Å². The second-order valence-electron chi connectivity index (χ2n) is 4.62. The topological polar surface area (TPSA) is 58.7 Å². The van der Waals surface area contributed by atoms with Gasteiger partial charge in [0.2, 0.25) is 0 Å². The molecule has 0 bridgehead atoms. The first-order chi connectivity index (χ1) is 7.70. The average Bonchev–Trinajstić information content (AvgIpc) is 2.49. The number of nitrogens with zero attached hydrogens (tertiary/aromatic N) is 2. The SMILES string of the molecule is C=CCN1C(=O)N=C(N)C12CCCCCC2. The highest BCUT2D eigenvalue weighted by atomic mass is 16.2. The van der Waals surface area contributed by atoms with Crippen LogP contribution in [0.1, 0.15) is 38.5 Å². The number of amidine groups is 1. The Morgan fingerprint density at radius 1 is 1.38 bits per heavy atom. The van der Waals surface area contributed by atoms with E-state index in [1.165, 1.54) is 12.8 Å². The van der Waals surface area contributed by atoms with E-state index in [-0.39, 0.29) is 11.6 Å². The molecule has 4 nitrogen and oxygen atoms in total. The molecule has 2 rings (SSSR count). The minimum Gasteiger partial charge on any atom is -0.385 e. The standard InChI is InChI=1S/C12H19N3O/c1-2-9-15-11(16)14-10(13)12(15)7-5-3-4-6-8-12/h2H,1,3-9H2,(H2,13,14,16). The second-order valence-corrected chi connectivity index (χ2v) is 4.62. The third-order valence-electron chi connectivity index (χ3n) is 3.68. The molecule has 0 unspecified atom stereocenters. The second kappa shape index (κ2) is 4.28. The van der Waals surface area contributed by atoms with Crippen LogP contribution in [0.5, 0.6) is 0 Å². The largest absolute Gasteiger partial charge is 0.385 e. The van der Waals surface area contributed by atoms with E-state index in [0.29, 0.717) is 12.4 Å². The third-order valence-corrected chi connectivity index (χ3v) is 3.68. The molecule has 0 radical (unpaired) electrons. The summed E-state index contributed by atoms with van der Waals surface area (Å²) < 4.78 is 0. The van der Waals surface area contributed by atoms with Crippen molar-refractivity contribution in [2.75, 3.05) is 6.54 Å². The van der Waals surface area contributed by atoms with E-state index in [2.05, 4.69) is 11.6 Å². The van der Waals surface area contributed by atoms with Crippen LogP contribution in [-0.4, -0.2) is 28.9 Å². The molecular weight excluding hydrogens is 202 g/mol. The number of aliphatic imine (C=N–C) groups is 1. The van der Waals surface area contributed by atoms with Gasteiger partial charge in [-0.05, 0) is 12.8 Å². The Kier molecular flexibility index (Phi) is 2.99. The average molecular weight is 221 g/mol. The summed E-state index contributed by atoms with van der Waals surface area (Å²) >= 11 is 0. The number of amides is 2. The van der Waals surface area contributed by atoms with Gasteiger partial charge in [-0.15, -0.1) is 6.58 Å².